The number of benzene rings is 2. The fraction of sp³-hybridized carbons (Fsp3) is 0.0909. The molecule has 3 heterocycles. The van der Waals surface area contributed by atoms with Gasteiger partial charge >= 0.3 is 0 Å². The predicted octanol–water partition coefficient (Wildman–Crippen LogP) is 3.87. The fourth-order valence-electron chi connectivity index (χ4n) is 3.75. The van der Waals surface area contributed by atoms with Crippen LogP contribution in [-0.4, -0.2) is 26.6 Å². The number of amides is 2. The molecule has 2 aromatic carbocycles. The molecule has 0 N–H and O–H groups in total. The van der Waals surface area contributed by atoms with E-state index < -0.39 is 23.4 Å². The van der Waals surface area contributed by atoms with Gasteiger partial charge in [-0.2, -0.15) is 5.10 Å². The summed E-state index contributed by atoms with van der Waals surface area (Å²) < 4.78 is 28.7. The number of hydrogen-bond acceptors (Lipinski definition) is 4. The smallest absolute Gasteiger partial charge is 0.267 e. The van der Waals surface area contributed by atoms with Gasteiger partial charge in [0.1, 0.15) is 0 Å². The van der Waals surface area contributed by atoms with Crippen LogP contribution < -0.4 is 4.90 Å². The molecule has 0 aliphatic carbocycles. The quantitative estimate of drug-likeness (QED) is 0.486. The lowest BCUT2D eigenvalue weighted by Crippen LogP contribution is -2.29. The number of anilines is 1. The summed E-state index contributed by atoms with van der Waals surface area (Å²) in [6.07, 6.45) is 1.33. The van der Waals surface area contributed by atoms with Gasteiger partial charge in [-0.1, -0.05) is 30.3 Å². The number of aryl methyl sites for hydroxylation is 1. The Morgan fingerprint density at radius 3 is 2.47 bits per heavy atom. The number of carbonyl (C=O) groups is 2. The van der Waals surface area contributed by atoms with Gasteiger partial charge in [0.15, 0.2) is 17.3 Å². The highest BCUT2D eigenvalue weighted by molar-refractivity contribution is 6.37. The number of halogens is 2. The van der Waals surface area contributed by atoms with E-state index in [1.54, 1.807) is 11.6 Å². The molecule has 4 aromatic rings. The van der Waals surface area contributed by atoms with Gasteiger partial charge in [-0.3, -0.25) is 9.59 Å². The maximum Gasteiger partial charge on any atom is 0.267 e. The first kappa shape index (κ1) is 18.1. The van der Waals surface area contributed by atoms with E-state index in [1.165, 1.54) is 12.3 Å². The number of aromatic nitrogens is 3. The van der Waals surface area contributed by atoms with Crippen molar-refractivity contribution >= 4 is 28.5 Å². The minimum absolute atomic E-state index is 0.0393. The molecule has 8 heteroatoms. The van der Waals surface area contributed by atoms with E-state index in [0.29, 0.717) is 23.3 Å². The lowest BCUT2D eigenvalue weighted by atomic mass is 10.1. The number of pyridine rings is 1. The van der Waals surface area contributed by atoms with Crippen LogP contribution in [0.2, 0.25) is 0 Å². The molecule has 1 aliphatic heterocycles. The van der Waals surface area contributed by atoms with Crippen molar-refractivity contribution in [3.05, 3.63) is 88.7 Å². The number of imide groups is 1. The van der Waals surface area contributed by atoms with Gasteiger partial charge in [0, 0.05) is 12.3 Å². The Morgan fingerprint density at radius 1 is 0.967 bits per heavy atom. The van der Waals surface area contributed by atoms with Gasteiger partial charge in [-0.25, -0.2) is 23.3 Å². The molecule has 1 aliphatic rings. The largest absolute Gasteiger partial charge is 0.268 e. The molecule has 0 saturated carbocycles. The second-order valence-electron chi connectivity index (χ2n) is 7.02. The van der Waals surface area contributed by atoms with Gasteiger partial charge < -0.3 is 0 Å². The summed E-state index contributed by atoms with van der Waals surface area (Å²) in [5, 5.41) is 4.99. The third kappa shape index (κ3) is 2.61. The van der Waals surface area contributed by atoms with E-state index >= 15 is 0 Å². The van der Waals surface area contributed by atoms with Crippen LogP contribution in [0.3, 0.4) is 0 Å². The lowest BCUT2D eigenvalue weighted by molar-refractivity contribution is 0.0926. The van der Waals surface area contributed by atoms with E-state index in [0.717, 1.165) is 22.6 Å². The van der Waals surface area contributed by atoms with Gasteiger partial charge in [-0.15, -0.1) is 0 Å². The Bertz CT molecular complexity index is 1350. The molecule has 0 atom stereocenters. The Balaban J connectivity index is 1.63. The Kier molecular flexibility index (Phi) is 3.95. The highest BCUT2D eigenvalue weighted by Gasteiger charge is 2.40. The molecule has 0 spiro atoms. The number of fused-ring (bicyclic) bond motifs is 3. The number of hydrogen-bond donors (Lipinski definition) is 0. The monoisotopic (exact) mass is 404 g/mol. The van der Waals surface area contributed by atoms with E-state index in [1.807, 2.05) is 30.3 Å². The normalized spacial score (nSPS) is 13.4. The molecule has 0 fully saturated rings. The minimum atomic E-state index is -1.14. The average molecular weight is 404 g/mol. The maximum absolute atomic E-state index is 13.7. The van der Waals surface area contributed by atoms with Crippen LogP contribution in [0.5, 0.6) is 0 Å². The van der Waals surface area contributed by atoms with E-state index in [-0.39, 0.29) is 16.8 Å². The van der Waals surface area contributed by atoms with Crippen molar-refractivity contribution in [2.75, 3.05) is 4.90 Å². The molecule has 0 saturated heterocycles. The van der Waals surface area contributed by atoms with Crippen molar-refractivity contribution in [3.63, 3.8) is 0 Å². The zero-order chi connectivity index (χ0) is 21.0. The van der Waals surface area contributed by atoms with Crippen LogP contribution >= 0.6 is 0 Å². The maximum atomic E-state index is 13.7. The van der Waals surface area contributed by atoms with E-state index in [2.05, 4.69) is 10.1 Å². The van der Waals surface area contributed by atoms with Crippen LogP contribution in [0.15, 0.2) is 54.7 Å². The zero-order valence-electron chi connectivity index (χ0n) is 15.8. The molecule has 5 rings (SSSR count). The second kappa shape index (κ2) is 6.55. The Labute approximate surface area is 169 Å². The minimum Gasteiger partial charge on any atom is -0.268 e. The topological polar surface area (TPSA) is 68.1 Å². The van der Waals surface area contributed by atoms with Gasteiger partial charge in [0.2, 0.25) is 0 Å². The van der Waals surface area contributed by atoms with Crippen LogP contribution in [0.1, 0.15) is 32.0 Å². The van der Waals surface area contributed by atoms with Crippen molar-refractivity contribution in [3.8, 4) is 0 Å². The lowest BCUT2D eigenvalue weighted by Gasteiger charge is -2.13. The molecular weight excluding hydrogens is 390 g/mol. The summed E-state index contributed by atoms with van der Waals surface area (Å²) in [6, 6.07) is 12.6. The van der Waals surface area contributed by atoms with Crippen molar-refractivity contribution in [2.24, 2.45) is 0 Å². The Hall–Kier alpha value is -3.94. The molecule has 30 heavy (non-hydrogen) atoms. The van der Waals surface area contributed by atoms with E-state index in [9.17, 15) is 18.4 Å². The summed E-state index contributed by atoms with van der Waals surface area (Å²) in [6.45, 7) is 2.19. The predicted molar refractivity (Wildman–Crippen MR) is 105 cm³/mol. The standard InChI is InChI=1S/C22H14F2N4O2/c1-12-18-19-15(10-25-20(18)27(26-12)11-13-5-3-2-4-6-13)21(29)28(22(19)30)14-7-8-16(23)17(24)9-14/h2-10H,11H2,1H3. The SMILES string of the molecule is Cc1nn(Cc2ccccc2)c2ncc3c(c12)C(=O)N(c1ccc(F)c(F)c1)C3=O. The number of carbonyl (C=O) groups excluding carboxylic acids is 2. The molecule has 0 bridgehead atoms. The van der Waals surface area contributed by atoms with Crippen LogP contribution in [0.25, 0.3) is 11.0 Å². The van der Waals surface area contributed by atoms with Gasteiger partial charge in [0.05, 0.1) is 34.4 Å². The molecule has 2 aromatic heterocycles. The number of nitrogens with zero attached hydrogens (tertiary/aromatic N) is 4. The van der Waals surface area contributed by atoms with Gasteiger partial charge in [0.25, 0.3) is 11.8 Å². The molecular formula is C22H14F2N4O2. The highest BCUT2D eigenvalue weighted by atomic mass is 19.2. The third-order valence-corrected chi connectivity index (χ3v) is 5.12. The Morgan fingerprint density at radius 2 is 1.73 bits per heavy atom. The summed E-state index contributed by atoms with van der Waals surface area (Å²) in [7, 11) is 0. The highest BCUT2D eigenvalue weighted by Crippen LogP contribution is 2.34. The molecule has 148 valence electrons. The van der Waals surface area contributed by atoms with Crippen molar-refractivity contribution < 1.29 is 18.4 Å². The number of rotatable bonds is 3. The van der Waals surface area contributed by atoms with Crippen molar-refractivity contribution in [1.29, 1.82) is 0 Å². The second-order valence-corrected chi connectivity index (χ2v) is 7.02. The summed E-state index contributed by atoms with van der Waals surface area (Å²) in [5.41, 5.74) is 2.28. The zero-order valence-corrected chi connectivity index (χ0v) is 15.8. The summed E-state index contributed by atoms with van der Waals surface area (Å²) in [4.78, 5) is 31.3. The average Bonchev–Trinajstić information content (AvgIpc) is 3.19. The first-order chi connectivity index (χ1) is 14.5. The summed E-state index contributed by atoms with van der Waals surface area (Å²) in [5.74, 6) is -3.45. The molecule has 0 radical (unpaired) electrons. The van der Waals surface area contributed by atoms with Crippen molar-refractivity contribution in [2.45, 2.75) is 13.5 Å². The fourth-order valence-corrected chi connectivity index (χ4v) is 3.75. The molecule has 2 amide bonds. The summed E-state index contributed by atoms with van der Waals surface area (Å²) >= 11 is 0. The molecule has 6 nitrogen and oxygen atoms in total. The van der Waals surface area contributed by atoms with Crippen LogP contribution in [0, 0.1) is 18.6 Å². The molecule has 0 unspecified atom stereocenters. The first-order valence-electron chi connectivity index (χ1n) is 9.19. The third-order valence-electron chi connectivity index (χ3n) is 5.12. The van der Waals surface area contributed by atoms with Crippen LogP contribution in [0.4, 0.5) is 14.5 Å². The first-order valence-corrected chi connectivity index (χ1v) is 9.19. The van der Waals surface area contributed by atoms with E-state index in [4.69, 9.17) is 0 Å². The van der Waals surface area contributed by atoms with Crippen LogP contribution in [-0.2, 0) is 6.54 Å². The van der Waals surface area contributed by atoms with Crippen molar-refractivity contribution in [1.82, 2.24) is 14.8 Å². The van der Waals surface area contributed by atoms with Gasteiger partial charge in [-0.05, 0) is 24.6 Å².